The molecular weight excluding hydrogens is 440 g/mol. The van der Waals surface area contributed by atoms with Gasteiger partial charge in [0.25, 0.3) is 0 Å². The van der Waals surface area contributed by atoms with Gasteiger partial charge in [-0.15, -0.1) is 0 Å². The average molecular weight is 463 g/mol. The number of allylic oxidation sites excluding steroid dienone is 10. The number of carbonyl (C=O) groups is 1. The summed E-state index contributed by atoms with van der Waals surface area (Å²) in [6, 6.07) is 9.79. The quantitative estimate of drug-likeness (QED) is 0.486. The maximum Gasteiger partial charge on any atom is 0.328 e. The largest absolute Gasteiger partial charge is 1.00 e. The number of carbonyl (C=O) groups excluding carboxylic acids is 1. The van der Waals surface area contributed by atoms with E-state index in [-0.39, 0.29) is 29.0 Å². The molecule has 2 aliphatic heterocycles. The fourth-order valence-corrected chi connectivity index (χ4v) is 4.61. The lowest BCUT2D eigenvalue weighted by atomic mass is 9.86. The first kappa shape index (κ1) is 20.4. The van der Waals surface area contributed by atoms with Gasteiger partial charge in [0.15, 0.2) is 11.4 Å². The zero-order valence-corrected chi connectivity index (χ0v) is 18.4. The molecule has 0 saturated carbocycles. The Balaban J connectivity index is 0.00000218. The van der Waals surface area contributed by atoms with Crippen molar-refractivity contribution in [2.24, 2.45) is 0 Å². The van der Waals surface area contributed by atoms with Gasteiger partial charge in [0.1, 0.15) is 11.6 Å². The normalized spacial score (nSPS) is 19.4. The van der Waals surface area contributed by atoms with Gasteiger partial charge < -0.3 is 31.5 Å². The highest BCUT2D eigenvalue weighted by Gasteiger charge is 2.45. The number of halogens is 1. The van der Waals surface area contributed by atoms with Crippen molar-refractivity contribution in [1.29, 1.82) is 0 Å². The van der Waals surface area contributed by atoms with Crippen molar-refractivity contribution in [2.45, 2.75) is 18.9 Å². The molecule has 30 heavy (non-hydrogen) atoms. The van der Waals surface area contributed by atoms with Crippen molar-refractivity contribution in [3.8, 4) is 0 Å². The van der Waals surface area contributed by atoms with Crippen LogP contribution < -0.4 is 17.0 Å². The second-order valence-corrected chi connectivity index (χ2v) is 7.52. The molecule has 1 saturated heterocycles. The molecule has 0 N–H and O–H groups in total. The maximum atomic E-state index is 12.8. The van der Waals surface area contributed by atoms with Crippen molar-refractivity contribution in [3.05, 3.63) is 107 Å². The van der Waals surface area contributed by atoms with E-state index in [1.165, 1.54) is 18.4 Å². The number of benzene rings is 1. The minimum atomic E-state index is -0.364. The first-order valence-electron chi connectivity index (χ1n) is 10.1. The second kappa shape index (κ2) is 8.47. The number of fused-ring (bicyclic) bond motifs is 4. The molecule has 5 heteroatoms. The predicted molar refractivity (Wildman–Crippen MR) is 112 cm³/mol. The first-order chi connectivity index (χ1) is 14.3. The SMILES string of the molecule is COC(=O)C(Cc1ccccc1)N1CCN2C3=CC=CCC3=C3[C+]=CC=CC3=C21.[Br-]. The van der Waals surface area contributed by atoms with Crippen LogP contribution >= 0.6 is 0 Å². The van der Waals surface area contributed by atoms with Gasteiger partial charge in [-0.25, -0.2) is 4.79 Å². The zero-order chi connectivity index (χ0) is 19.8. The van der Waals surface area contributed by atoms with Crippen LogP contribution in [0.25, 0.3) is 0 Å². The number of esters is 1. The van der Waals surface area contributed by atoms with E-state index >= 15 is 0 Å². The molecule has 0 bridgehead atoms. The fourth-order valence-electron chi connectivity index (χ4n) is 4.61. The third-order valence-corrected chi connectivity index (χ3v) is 5.92. The van der Waals surface area contributed by atoms with Gasteiger partial charge in [0, 0.05) is 44.2 Å². The molecule has 4 nitrogen and oxygen atoms in total. The zero-order valence-electron chi connectivity index (χ0n) is 16.8. The van der Waals surface area contributed by atoms with Crippen LogP contribution in [0, 0.1) is 6.08 Å². The minimum Gasteiger partial charge on any atom is -1.00 e. The summed E-state index contributed by atoms with van der Waals surface area (Å²) in [5.74, 6) is 0.894. The summed E-state index contributed by atoms with van der Waals surface area (Å²) < 4.78 is 5.22. The Bertz CT molecular complexity index is 1030. The molecule has 1 aromatic carbocycles. The fraction of sp³-hybridized carbons (Fsp3) is 0.240. The van der Waals surface area contributed by atoms with Crippen molar-refractivity contribution >= 4 is 5.97 Å². The number of hydrogen-bond donors (Lipinski definition) is 0. The number of hydrogen-bond acceptors (Lipinski definition) is 4. The molecule has 1 atom stereocenters. The monoisotopic (exact) mass is 462 g/mol. The third kappa shape index (κ3) is 3.34. The maximum absolute atomic E-state index is 12.8. The molecule has 0 amide bonds. The Morgan fingerprint density at radius 3 is 2.83 bits per heavy atom. The van der Waals surface area contributed by atoms with E-state index in [1.807, 2.05) is 30.4 Å². The van der Waals surface area contributed by atoms with Crippen LogP contribution in [0.15, 0.2) is 95.0 Å². The highest BCUT2D eigenvalue weighted by atomic mass is 79.9. The Labute approximate surface area is 188 Å². The van der Waals surface area contributed by atoms with E-state index in [1.54, 1.807) is 0 Å². The summed E-state index contributed by atoms with van der Waals surface area (Å²) in [7, 11) is 1.47. The van der Waals surface area contributed by atoms with Gasteiger partial charge >= 0.3 is 5.97 Å². The molecule has 2 aliphatic carbocycles. The third-order valence-electron chi connectivity index (χ3n) is 5.92. The predicted octanol–water partition coefficient (Wildman–Crippen LogP) is 0.687. The molecule has 0 spiro atoms. The van der Waals surface area contributed by atoms with Crippen molar-refractivity contribution in [3.63, 3.8) is 0 Å². The van der Waals surface area contributed by atoms with Gasteiger partial charge in [0.05, 0.1) is 24.5 Å². The van der Waals surface area contributed by atoms with Crippen LogP contribution in [-0.4, -0.2) is 42.0 Å². The molecule has 0 aromatic heterocycles. The van der Waals surface area contributed by atoms with E-state index < -0.39 is 0 Å². The standard InChI is InChI=1S/C25H23N2O2.BrH/c1-29-25(28)23(17-18-9-3-2-4-10-18)27-16-15-26-22-14-8-7-12-20(22)19-11-5-6-13-21(19)24(26)27;/h2-10,13-14,23H,12,15-17H2,1H3;1H/q+1;/p-1. The lowest BCUT2D eigenvalue weighted by molar-refractivity contribution is -0.146. The Morgan fingerprint density at radius 1 is 1.20 bits per heavy atom. The van der Waals surface area contributed by atoms with E-state index in [2.05, 4.69) is 52.3 Å². The van der Waals surface area contributed by atoms with Crippen LogP contribution in [0.4, 0.5) is 0 Å². The van der Waals surface area contributed by atoms with E-state index in [9.17, 15) is 4.79 Å². The van der Waals surface area contributed by atoms with E-state index in [4.69, 9.17) is 4.74 Å². The van der Waals surface area contributed by atoms with E-state index in [0.717, 1.165) is 42.0 Å². The molecule has 5 rings (SSSR count). The molecule has 1 unspecified atom stereocenters. The number of ether oxygens (including phenoxy) is 1. The Hall–Kier alpha value is -2.88. The summed E-state index contributed by atoms with van der Waals surface area (Å²) in [6.07, 6.45) is 17.6. The molecule has 1 aromatic rings. The van der Waals surface area contributed by atoms with Crippen LogP contribution in [-0.2, 0) is 16.0 Å². The first-order valence-corrected chi connectivity index (χ1v) is 10.1. The van der Waals surface area contributed by atoms with E-state index in [0.29, 0.717) is 6.42 Å². The van der Waals surface area contributed by atoms with Crippen LogP contribution in [0.1, 0.15) is 12.0 Å². The van der Waals surface area contributed by atoms with Crippen molar-refractivity contribution < 1.29 is 26.5 Å². The van der Waals surface area contributed by atoms with Gasteiger partial charge in [-0.1, -0.05) is 42.5 Å². The van der Waals surface area contributed by atoms with Crippen LogP contribution in [0.2, 0.25) is 0 Å². The average Bonchev–Trinajstić information content (AvgIpc) is 3.23. The van der Waals surface area contributed by atoms with Crippen LogP contribution in [0.5, 0.6) is 0 Å². The summed E-state index contributed by atoms with van der Waals surface area (Å²) >= 11 is 0. The highest BCUT2D eigenvalue weighted by Crippen LogP contribution is 2.44. The summed E-state index contributed by atoms with van der Waals surface area (Å²) in [5.41, 5.74) is 5.96. The Kier molecular flexibility index (Phi) is 5.76. The number of rotatable bonds is 4. The van der Waals surface area contributed by atoms with Gasteiger partial charge in [-0.05, 0) is 11.6 Å². The molecule has 0 radical (unpaired) electrons. The highest BCUT2D eigenvalue weighted by molar-refractivity contribution is 5.77. The second-order valence-electron chi connectivity index (χ2n) is 7.52. The summed E-state index contributed by atoms with van der Waals surface area (Å²) in [6.45, 7) is 1.64. The van der Waals surface area contributed by atoms with Crippen molar-refractivity contribution in [1.82, 2.24) is 9.80 Å². The summed E-state index contributed by atoms with van der Waals surface area (Å²) in [5, 5.41) is 0. The molecule has 1 fully saturated rings. The Morgan fingerprint density at radius 2 is 2.03 bits per heavy atom. The molecule has 2 heterocycles. The molecular formula is C25H23BrN2O2. The summed E-state index contributed by atoms with van der Waals surface area (Å²) in [4.78, 5) is 17.4. The molecule has 152 valence electrons. The van der Waals surface area contributed by atoms with Gasteiger partial charge in [-0.3, -0.25) is 0 Å². The lowest BCUT2D eigenvalue weighted by Gasteiger charge is -2.34. The molecule has 4 aliphatic rings. The van der Waals surface area contributed by atoms with Gasteiger partial charge in [0.2, 0.25) is 0 Å². The lowest BCUT2D eigenvalue weighted by Crippen LogP contribution is -3.00. The number of nitrogens with zero attached hydrogens (tertiary/aromatic N) is 2. The number of methoxy groups -OCH3 is 1. The minimum absolute atomic E-state index is 0. The topological polar surface area (TPSA) is 32.8 Å². The van der Waals surface area contributed by atoms with Gasteiger partial charge in [-0.2, -0.15) is 0 Å². The smallest absolute Gasteiger partial charge is 0.328 e. The van der Waals surface area contributed by atoms with Crippen LogP contribution in [0.3, 0.4) is 0 Å². The van der Waals surface area contributed by atoms with Crippen molar-refractivity contribution in [2.75, 3.05) is 20.2 Å².